The number of rotatable bonds is 3. The average Bonchev–Trinajstić information content (AvgIpc) is 2.88. The maximum absolute atomic E-state index is 9.69. The fraction of sp³-hybridized carbons (Fsp3) is 0. The summed E-state index contributed by atoms with van der Waals surface area (Å²) >= 11 is 0. The van der Waals surface area contributed by atoms with E-state index in [1.807, 2.05) is 48.5 Å². The van der Waals surface area contributed by atoms with Crippen LogP contribution >= 0.6 is 0 Å². The van der Waals surface area contributed by atoms with Crippen molar-refractivity contribution in [2.75, 3.05) is 0 Å². The Morgan fingerprint density at radius 3 is 2.20 bits per heavy atom. The zero-order valence-electron chi connectivity index (χ0n) is 10.5. The lowest BCUT2D eigenvalue weighted by Crippen LogP contribution is -1.74. The van der Waals surface area contributed by atoms with Crippen LogP contribution in [0.2, 0.25) is 0 Å². The first-order chi connectivity index (χ1) is 9.83. The van der Waals surface area contributed by atoms with E-state index in [1.54, 1.807) is 12.1 Å². The van der Waals surface area contributed by atoms with Crippen molar-refractivity contribution in [2.45, 2.75) is 0 Å². The summed E-state index contributed by atoms with van der Waals surface area (Å²) in [5, 5.41) is 17.6. The molecule has 2 aromatic carbocycles. The number of benzene rings is 2. The van der Waals surface area contributed by atoms with Gasteiger partial charge < -0.3 is 9.52 Å². The predicted molar refractivity (Wildman–Crippen MR) is 74.2 cm³/mol. The van der Waals surface area contributed by atoms with E-state index < -0.39 is 0 Å². The molecule has 0 saturated heterocycles. The summed E-state index contributed by atoms with van der Waals surface area (Å²) < 4.78 is 5.18. The third kappa shape index (κ3) is 2.56. The van der Waals surface area contributed by atoms with Crippen LogP contribution in [-0.4, -0.2) is 10.1 Å². The largest absolute Gasteiger partial charge is 0.478 e. The first kappa shape index (κ1) is 12.1. The third-order valence-electron chi connectivity index (χ3n) is 2.63. The molecule has 0 aliphatic heterocycles. The highest BCUT2D eigenvalue weighted by Crippen LogP contribution is 2.32. The molecular weight excluding hydrogens is 254 g/mol. The number of aromatic hydroxyl groups is 1. The summed E-state index contributed by atoms with van der Waals surface area (Å²) in [6.07, 6.45) is 0. The van der Waals surface area contributed by atoms with Gasteiger partial charge >= 0.3 is 5.95 Å². The van der Waals surface area contributed by atoms with Gasteiger partial charge in [0.05, 0.1) is 5.69 Å². The van der Waals surface area contributed by atoms with Gasteiger partial charge in [0.25, 0.3) is 5.82 Å². The van der Waals surface area contributed by atoms with Gasteiger partial charge in [0.15, 0.2) is 0 Å². The molecule has 1 N–H and O–H groups in total. The summed E-state index contributed by atoms with van der Waals surface area (Å²) in [6, 6.07) is 18.5. The molecule has 0 aliphatic carbocycles. The second-order valence-corrected chi connectivity index (χ2v) is 4.05. The molecule has 98 valence electrons. The molecule has 1 heterocycles. The number of aromatic nitrogens is 1. The number of azo groups is 1. The van der Waals surface area contributed by atoms with Gasteiger partial charge in [0.2, 0.25) is 5.89 Å². The van der Waals surface area contributed by atoms with Gasteiger partial charge in [-0.15, -0.1) is 10.2 Å². The standard InChI is InChI=1S/C15H11N3O2/c19-15-13(18-17-12-9-5-2-6-10-12)16-14(20-15)11-7-3-1-4-8-11/h1-10,19H. The molecule has 1 aromatic heterocycles. The molecule has 0 spiro atoms. The molecule has 0 aliphatic rings. The van der Waals surface area contributed by atoms with Gasteiger partial charge in [-0.1, -0.05) is 36.4 Å². The molecule has 3 aromatic rings. The molecule has 0 bridgehead atoms. The molecule has 5 heteroatoms. The lowest BCUT2D eigenvalue weighted by atomic mass is 10.2. The first-order valence-corrected chi connectivity index (χ1v) is 6.05. The first-order valence-electron chi connectivity index (χ1n) is 6.05. The maximum Gasteiger partial charge on any atom is 0.332 e. The van der Waals surface area contributed by atoms with Crippen molar-refractivity contribution >= 4 is 11.5 Å². The summed E-state index contributed by atoms with van der Waals surface area (Å²) in [5.74, 6) is 0.0290. The minimum absolute atomic E-state index is 0.0627. The number of nitrogens with zero attached hydrogens (tertiary/aromatic N) is 3. The Bertz CT molecular complexity index is 721. The zero-order valence-corrected chi connectivity index (χ0v) is 10.5. The molecule has 20 heavy (non-hydrogen) atoms. The van der Waals surface area contributed by atoms with Crippen molar-refractivity contribution in [3.8, 4) is 17.4 Å². The Labute approximate surface area is 115 Å². The van der Waals surface area contributed by atoms with E-state index in [0.717, 1.165) is 5.56 Å². The predicted octanol–water partition coefficient (Wildman–Crippen LogP) is 4.46. The van der Waals surface area contributed by atoms with E-state index >= 15 is 0 Å². The second-order valence-electron chi connectivity index (χ2n) is 4.05. The van der Waals surface area contributed by atoms with E-state index in [0.29, 0.717) is 11.6 Å². The molecule has 0 atom stereocenters. The maximum atomic E-state index is 9.69. The number of hydrogen-bond donors (Lipinski definition) is 1. The van der Waals surface area contributed by atoms with Gasteiger partial charge in [0, 0.05) is 5.56 Å². The Kier molecular flexibility index (Phi) is 3.24. The quantitative estimate of drug-likeness (QED) is 0.710. The minimum atomic E-state index is -0.344. The Balaban J connectivity index is 1.89. The van der Waals surface area contributed by atoms with Crippen molar-refractivity contribution in [1.82, 2.24) is 4.98 Å². The highest BCUT2D eigenvalue weighted by Gasteiger charge is 2.13. The van der Waals surface area contributed by atoms with Crippen molar-refractivity contribution in [3.63, 3.8) is 0 Å². The summed E-state index contributed by atoms with van der Waals surface area (Å²) in [6.45, 7) is 0. The van der Waals surface area contributed by atoms with Crippen LogP contribution in [0.15, 0.2) is 75.3 Å². The van der Waals surface area contributed by atoms with Gasteiger partial charge in [-0.2, -0.15) is 4.98 Å². The Hall–Kier alpha value is -2.95. The highest BCUT2D eigenvalue weighted by molar-refractivity contribution is 5.56. The lowest BCUT2D eigenvalue weighted by molar-refractivity contribution is 0.338. The summed E-state index contributed by atoms with van der Waals surface area (Å²) in [4.78, 5) is 4.12. The van der Waals surface area contributed by atoms with Crippen molar-refractivity contribution in [3.05, 3.63) is 60.7 Å². The molecule has 3 rings (SSSR count). The SMILES string of the molecule is Oc1oc(-c2ccccc2)nc1N=Nc1ccccc1. The molecule has 5 nitrogen and oxygen atoms in total. The monoisotopic (exact) mass is 265 g/mol. The van der Waals surface area contributed by atoms with Crippen LogP contribution in [0.4, 0.5) is 11.5 Å². The molecule has 0 fully saturated rings. The molecule has 0 amide bonds. The Morgan fingerprint density at radius 1 is 0.850 bits per heavy atom. The second kappa shape index (κ2) is 5.36. The Morgan fingerprint density at radius 2 is 1.50 bits per heavy atom. The van der Waals surface area contributed by atoms with Crippen LogP contribution in [0.25, 0.3) is 11.5 Å². The molecule has 0 unspecified atom stereocenters. The van der Waals surface area contributed by atoms with Crippen LogP contribution in [0, 0.1) is 0 Å². The van der Waals surface area contributed by atoms with Crippen LogP contribution in [0.1, 0.15) is 0 Å². The lowest BCUT2D eigenvalue weighted by Gasteiger charge is -1.91. The van der Waals surface area contributed by atoms with Crippen molar-refractivity contribution in [1.29, 1.82) is 0 Å². The van der Waals surface area contributed by atoms with E-state index in [4.69, 9.17) is 4.42 Å². The van der Waals surface area contributed by atoms with Crippen molar-refractivity contribution in [2.24, 2.45) is 10.2 Å². The van der Waals surface area contributed by atoms with Gasteiger partial charge in [-0.05, 0) is 24.3 Å². The third-order valence-corrected chi connectivity index (χ3v) is 2.63. The normalized spacial score (nSPS) is 11.0. The van der Waals surface area contributed by atoms with Crippen LogP contribution < -0.4 is 0 Å². The summed E-state index contributed by atoms with van der Waals surface area (Å²) in [5.41, 5.74) is 1.44. The van der Waals surface area contributed by atoms with Crippen LogP contribution in [0.3, 0.4) is 0 Å². The average molecular weight is 265 g/mol. The van der Waals surface area contributed by atoms with Gasteiger partial charge in [0.1, 0.15) is 0 Å². The van der Waals surface area contributed by atoms with E-state index in [-0.39, 0.29) is 11.8 Å². The van der Waals surface area contributed by atoms with Crippen molar-refractivity contribution < 1.29 is 9.52 Å². The van der Waals surface area contributed by atoms with Gasteiger partial charge in [-0.3, -0.25) is 0 Å². The number of hydrogen-bond acceptors (Lipinski definition) is 5. The topological polar surface area (TPSA) is 71.0 Å². The van der Waals surface area contributed by atoms with Crippen LogP contribution in [-0.2, 0) is 0 Å². The molecular formula is C15H11N3O2. The fourth-order valence-corrected chi connectivity index (χ4v) is 1.67. The smallest absolute Gasteiger partial charge is 0.332 e. The van der Waals surface area contributed by atoms with Gasteiger partial charge in [-0.25, -0.2) is 0 Å². The van der Waals surface area contributed by atoms with E-state index in [2.05, 4.69) is 15.2 Å². The summed E-state index contributed by atoms with van der Waals surface area (Å²) in [7, 11) is 0. The van der Waals surface area contributed by atoms with Crippen LogP contribution in [0.5, 0.6) is 5.95 Å². The highest BCUT2D eigenvalue weighted by atomic mass is 16.5. The molecule has 0 saturated carbocycles. The fourth-order valence-electron chi connectivity index (χ4n) is 1.67. The molecule has 0 radical (unpaired) electrons. The number of oxazole rings is 1. The minimum Gasteiger partial charge on any atom is -0.478 e. The van der Waals surface area contributed by atoms with E-state index in [1.165, 1.54) is 0 Å². The van der Waals surface area contributed by atoms with E-state index in [9.17, 15) is 5.11 Å². The zero-order chi connectivity index (χ0) is 13.8.